The molecule has 0 unspecified atom stereocenters. The Bertz CT molecular complexity index is 519. The monoisotopic (exact) mass is 266 g/mol. The van der Waals surface area contributed by atoms with E-state index in [0.29, 0.717) is 24.5 Å². The molecule has 4 nitrogen and oxygen atoms in total. The zero-order chi connectivity index (χ0) is 13.7. The van der Waals surface area contributed by atoms with Crippen LogP contribution in [0.3, 0.4) is 0 Å². The molecule has 19 heavy (non-hydrogen) atoms. The molecular weight excluding hydrogens is 250 g/mol. The number of nitrogens with zero attached hydrogens (tertiary/aromatic N) is 3. The Labute approximate surface area is 110 Å². The molecule has 0 bridgehead atoms. The lowest BCUT2D eigenvalue weighted by atomic mass is 10.2. The van der Waals surface area contributed by atoms with E-state index in [-0.39, 0.29) is 0 Å². The van der Waals surface area contributed by atoms with Gasteiger partial charge in [0.2, 0.25) is 0 Å². The van der Waals surface area contributed by atoms with Crippen LogP contribution in [0.1, 0.15) is 24.7 Å². The summed E-state index contributed by atoms with van der Waals surface area (Å²) in [6, 6.07) is 3.43. The molecule has 6 heteroatoms. The quantitative estimate of drug-likeness (QED) is 0.814. The highest BCUT2D eigenvalue weighted by atomic mass is 19.1. The SMILES string of the molecule is CCCNCc1ncn(Cc2cc(F)cc(F)c2)n1. The van der Waals surface area contributed by atoms with Crippen molar-refractivity contribution in [3.05, 3.63) is 47.5 Å². The van der Waals surface area contributed by atoms with Crippen LogP contribution in [0.4, 0.5) is 8.78 Å². The lowest BCUT2D eigenvalue weighted by Crippen LogP contribution is -2.15. The van der Waals surface area contributed by atoms with E-state index in [1.165, 1.54) is 12.1 Å². The number of halogens is 2. The van der Waals surface area contributed by atoms with Crippen molar-refractivity contribution in [2.75, 3.05) is 6.54 Å². The number of aromatic nitrogens is 3. The van der Waals surface area contributed by atoms with Gasteiger partial charge in [0.1, 0.15) is 18.0 Å². The van der Waals surface area contributed by atoms with Crippen molar-refractivity contribution in [3.63, 3.8) is 0 Å². The molecule has 102 valence electrons. The fourth-order valence-electron chi connectivity index (χ4n) is 1.76. The van der Waals surface area contributed by atoms with Gasteiger partial charge in [-0.2, -0.15) is 5.10 Å². The molecule has 1 aromatic heterocycles. The van der Waals surface area contributed by atoms with Gasteiger partial charge in [-0.15, -0.1) is 0 Å². The summed E-state index contributed by atoms with van der Waals surface area (Å²) in [6.45, 7) is 3.88. The van der Waals surface area contributed by atoms with Gasteiger partial charge in [0.15, 0.2) is 5.82 Å². The molecule has 0 saturated heterocycles. The molecule has 0 radical (unpaired) electrons. The number of rotatable bonds is 6. The zero-order valence-electron chi connectivity index (χ0n) is 10.7. The summed E-state index contributed by atoms with van der Waals surface area (Å²) < 4.78 is 27.7. The molecule has 0 saturated carbocycles. The summed E-state index contributed by atoms with van der Waals surface area (Å²) in [6.07, 6.45) is 2.61. The second-order valence-electron chi connectivity index (χ2n) is 4.31. The molecule has 0 spiro atoms. The van der Waals surface area contributed by atoms with E-state index in [0.717, 1.165) is 19.0 Å². The third kappa shape index (κ3) is 4.10. The van der Waals surface area contributed by atoms with E-state index in [1.807, 2.05) is 0 Å². The van der Waals surface area contributed by atoms with Crippen molar-refractivity contribution < 1.29 is 8.78 Å². The molecule has 0 aliphatic rings. The summed E-state index contributed by atoms with van der Waals surface area (Å²) in [4.78, 5) is 4.13. The molecule has 0 atom stereocenters. The Morgan fingerprint density at radius 2 is 1.95 bits per heavy atom. The summed E-state index contributed by atoms with van der Waals surface area (Å²) in [5.41, 5.74) is 0.524. The summed E-state index contributed by atoms with van der Waals surface area (Å²) in [7, 11) is 0. The molecule has 2 rings (SSSR count). The number of benzene rings is 1. The predicted molar refractivity (Wildman–Crippen MR) is 67.5 cm³/mol. The third-order valence-electron chi connectivity index (χ3n) is 2.56. The van der Waals surface area contributed by atoms with Crippen LogP contribution >= 0.6 is 0 Å². The van der Waals surface area contributed by atoms with Crippen molar-refractivity contribution in [2.45, 2.75) is 26.4 Å². The van der Waals surface area contributed by atoms with E-state index in [2.05, 4.69) is 22.3 Å². The van der Waals surface area contributed by atoms with E-state index in [9.17, 15) is 8.78 Å². The van der Waals surface area contributed by atoms with Crippen LogP contribution in [0.15, 0.2) is 24.5 Å². The van der Waals surface area contributed by atoms with Crippen molar-refractivity contribution in [3.8, 4) is 0 Å². The maximum Gasteiger partial charge on any atom is 0.164 e. The molecule has 2 aromatic rings. The number of nitrogens with one attached hydrogen (secondary N) is 1. The Hall–Kier alpha value is -1.82. The standard InChI is InChI=1S/C13H16F2N4/c1-2-3-16-7-13-17-9-19(18-13)8-10-4-11(14)6-12(15)5-10/h4-6,9,16H,2-3,7-8H2,1H3. The van der Waals surface area contributed by atoms with Gasteiger partial charge in [-0.05, 0) is 30.7 Å². The molecule has 1 heterocycles. The minimum atomic E-state index is -0.583. The Balaban J connectivity index is 1.99. The largest absolute Gasteiger partial charge is 0.310 e. The maximum atomic E-state index is 13.0. The fourth-order valence-corrected chi connectivity index (χ4v) is 1.76. The Kier molecular flexibility index (Phi) is 4.57. The average molecular weight is 266 g/mol. The minimum Gasteiger partial charge on any atom is -0.310 e. The van der Waals surface area contributed by atoms with Crippen LogP contribution in [0.5, 0.6) is 0 Å². The van der Waals surface area contributed by atoms with Crippen LogP contribution < -0.4 is 5.32 Å². The highest BCUT2D eigenvalue weighted by Gasteiger charge is 2.04. The van der Waals surface area contributed by atoms with Gasteiger partial charge < -0.3 is 5.32 Å². The van der Waals surface area contributed by atoms with Crippen LogP contribution in [0.2, 0.25) is 0 Å². The van der Waals surface area contributed by atoms with Crippen LogP contribution in [-0.2, 0) is 13.1 Å². The van der Waals surface area contributed by atoms with Gasteiger partial charge in [-0.3, -0.25) is 0 Å². The smallest absolute Gasteiger partial charge is 0.164 e. The van der Waals surface area contributed by atoms with Gasteiger partial charge in [-0.1, -0.05) is 6.92 Å². The zero-order valence-corrected chi connectivity index (χ0v) is 10.7. The van der Waals surface area contributed by atoms with Gasteiger partial charge in [0, 0.05) is 6.07 Å². The van der Waals surface area contributed by atoms with Gasteiger partial charge in [0.05, 0.1) is 13.1 Å². The van der Waals surface area contributed by atoms with E-state index in [1.54, 1.807) is 11.0 Å². The minimum absolute atomic E-state index is 0.301. The van der Waals surface area contributed by atoms with Gasteiger partial charge in [0.25, 0.3) is 0 Å². The molecule has 1 aromatic carbocycles. The topological polar surface area (TPSA) is 42.7 Å². The van der Waals surface area contributed by atoms with Crippen molar-refractivity contribution >= 4 is 0 Å². The lowest BCUT2D eigenvalue weighted by Gasteiger charge is -2.02. The van der Waals surface area contributed by atoms with Crippen molar-refractivity contribution in [1.29, 1.82) is 0 Å². The normalized spacial score (nSPS) is 10.9. The lowest BCUT2D eigenvalue weighted by molar-refractivity contribution is 0.573. The summed E-state index contributed by atoms with van der Waals surface area (Å²) in [5, 5.41) is 7.42. The Morgan fingerprint density at radius 3 is 2.63 bits per heavy atom. The second kappa shape index (κ2) is 6.38. The molecule has 0 amide bonds. The number of hydrogen-bond acceptors (Lipinski definition) is 3. The highest BCUT2D eigenvalue weighted by Crippen LogP contribution is 2.09. The van der Waals surface area contributed by atoms with Gasteiger partial charge in [-0.25, -0.2) is 18.4 Å². The molecule has 1 N–H and O–H groups in total. The predicted octanol–water partition coefficient (Wildman–Crippen LogP) is 2.10. The first-order chi connectivity index (χ1) is 9.17. The summed E-state index contributed by atoms with van der Waals surface area (Å²) in [5.74, 6) is -0.495. The number of hydrogen-bond donors (Lipinski definition) is 1. The summed E-state index contributed by atoms with van der Waals surface area (Å²) >= 11 is 0. The highest BCUT2D eigenvalue weighted by molar-refractivity contribution is 5.17. The van der Waals surface area contributed by atoms with E-state index < -0.39 is 11.6 Å². The van der Waals surface area contributed by atoms with Crippen molar-refractivity contribution in [2.24, 2.45) is 0 Å². The Morgan fingerprint density at radius 1 is 1.21 bits per heavy atom. The van der Waals surface area contributed by atoms with E-state index >= 15 is 0 Å². The first-order valence-electron chi connectivity index (χ1n) is 6.21. The average Bonchev–Trinajstić information content (AvgIpc) is 2.76. The second-order valence-corrected chi connectivity index (χ2v) is 4.31. The van der Waals surface area contributed by atoms with Crippen LogP contribution in [-0.4, -0.2) is 21.3 Å². The fraction of sp³-hybridized carbons (Fsp3) is 0.385. The first-order valence-corrected chi connectivity index (χ1v) is 6.21. The molecular formula is C13H16F2N4. The van der Waals surface area contributed by atoms with Crippen LogP contribution in [0.25, 0.3) is 0 Å². The maximum absolute atomic E-state index is 13.0. The van der Waals surface area contributed by atoms with Crippen molar-refractivity contribution in [1.82, 2.24) is 20.1 Å². The molecule has 0 fully saturated rings. The third-order valence-corrected chi connectivity index (χ3v) is 2.56. The van der Waals surface area contributed by atoms with E-state index in [4.69, 9.17) is 0 Å². The molecule has 0 aliphatic heterocycles. The molecule has 0 aliphatic carbocycles. The van der Waals surface area contributed by atoms with Gasteiger partial charge >= 0.3 is 0 Å². The van der Waals surface area contributed by atoms with Crippen LogP contribution in [0, 0.1) is 11.6 Å². The first kappa shape index (κ1) is 13.6.